The van der Waals surface area contributed by atoms with Crippen molar-refractivity contribution in [2.24, 2.45) is 0 Å². The molecule has 0 spiro atoms. The first-order valence-electron chi connectivity index (χ1n) is 13.0. The van der Waals surface area contributed by atoms with Crippen LogP contribution >= 0.6 is 0 Å². The van der Waals surface area contributed by atoms with Crippen molar-refractivity contribution in [1.82, 2.24) is 0 Å². The van der Waals surface area contributed by atoms with Gasteiger partial charge in [0.25, 0.3) is 0 Å². The maximum atomic E-state index is 12.5. The zero-order valence-corrected chi connectivity index (χ0v) is 25.9. The number of carboxylic acid groups (broad SMARTS) is 1. The van der Waals surface area contributed by atoms with Crippen LogP contribution in [0.2, 0.25) is 0 Å². The first-order chi connectivity index (χ1) is 20.8. The lowest BCUT2D eigenvalue weighted by Crippen LogP contribution is -2.10. The van der Waals surface area contributed by atoms with Gasteiger partial charge >= 0.3 is 26.2 Å². The summed E-state index contributed by atoms with van der Waals surface area (Å²) in [5.41, 5.74) is 2.75. The predicted molar refractivity (Wildman–Crippen MR) is 163 cm³/mol. The Labute approximate surface area is 255 Å². The Morgan fingerprint density at radius 2 is 1.32 bits per heavy atom. The molecule has 0 radical (unpaired) electrons. The lowest BCUT2D eigenvalue weighted by molar-refractivity contribution is -0.136. The summed E-state index contributed by atoms with van der Waals surface area (Å²) >= 11 is 0. The monoisotopic (exact) mass is 642 g/mol. The molecule has 13 heteroatoms. The number of carboxylic acids is 1. The lowest BCUT2D eigenvalue weighted by atomic mass is 9.95. The number of ether oxygens (including phenoxy) is 3. The minimum Gasteiger partial charge on any atom is -0.496 e. The van der Waals surface area contributed by atoms with Gasteiger partial charge in [-0.1, -0.05) is 60.7 Å². The second-order valence-corrected chi connectivity index (χ2v) is 12.8. The summed E-state index contributed by atoms with van der Waals surface area (Å²) in [7, 11) is -5.42. The molecule has 4 aromatic rings. The molecule has 0 saturated carbocycles. The summed E-state index contributed by atoms with van der Waals surface area (Å²) in [6.45, 7) is 0.125. The maximum Gasteiger partial charge on any atom is 0.307 e. The van der Waals surface area contributed by atoms with E-state index in [0.717, 1.165) is 18.1 Å². The third-order valence-corrected chi connectivity index (χ3v) is 7.14. The van der Waals surface area contributed by atoms with Gasteiger partial charge in [-0.25, -0.2) is 0 Å². The Balaban J connectivity index is 1.91. The van der Waals surface area contributed by atoms with Crippen LogP contribution in [0.25, 0.3) is 22.3 Å². The van der Waals surface area contributed by atoms with Crippen LogP contribution in [0.5, 0.6) is 28.7 Å². The summed E-state index contributed by atoms with van der Waals surface area (Å²) in [4.78, 5) is 11.1. The molecule has 1 N–H and O–H groups in total. The lowest BCUT2D eigenvalue weighted by Gasteiger charge is -2.21. The number of carbonyl (C=O) groups is 1. The summed E-state index contributed by atoms with van der Waals surface area (Å²) in [5, 5.41) is 9.11. The molecule has 0 aliphatic heterocycles. The molecule has 4 rings (SSSR count). The van der Waals surface area contributed by atoms with E-state index in [9.17, 15) is 21.6 Å². The fourth-order valence-corrected chi connectivity index (χ4v) is 5.34. The van der Waals surface area contributed by atoms with Crippen molar-refractivity contribution >= 4 is 26.2 Å². The molecule has 0 amide bonds. The Bertz CT molecular complexity index is 1870. The standard InChI is InChI=1S/C31H30O11S2/c1-38-27-18-24(22-12-10-20(11-13-22)16-28(32)33)30(39-2)31(42-44(4,36)37)29(27)23-14-15-25(26(17-23)41-43(3,34)35)40-19-21-8-6-5-7-9-21/h5-15,17-18H,16,19H2,1-4H3,(H,32,33). The summed E-state index contributed by atoms with van der Waals surface area (Å²) < 4.78 is 77.2. The average Bonchev–Trinajstić information content (AvgIpc) is 2.95. The SMILES string of the molecule is COc1cc(-c2ccc(CC(=O)O)cc2)c(OC)c(OS(C)(=O)=O)c1-c1ccc(OCc2ccccc2)c(OS(C)(=O)=O)c1. The maximum absolute atomic E-state index is 12.5. The smallest absolute Gasteiger partial charge is 0.307 e. The summed E-state index contributed by atoms with van der Waals surface area (Å²) in [5.74, 6) is -1.03. The topological polar surface area (TPSA) is 152 Å². The minimum atomic E-state index is -4.12. The first kappa shape index (κ1) is 32.2. The number of rotatable bonds is 13. The van der Waals surface area contributed by atoms with Crippen molar-refractivity contribution < 1.29 is 49.3 Å². The van der Waals surface area contributed by atoms with Gasteiger partial charge in [-0.2, -0.15) is 16.8 Å². The van der Waals surface area contributed by atoms with E-state index < -0.39 is 26.2 Å². The van der Waals surface area contributed by atoms with Crippen molar-refractivity contribution in [2.45, 2.75) is 13.0 Å². The fraction of sp³-hybridized carbons (Fsp3) is 0.194. The molecule has 0 aromatic heterocycles. The Hall–Kier alpha value is -4.75. The number of methoxy groups -OCH3 is 2. The van der Waals surface area contributed by atoms with Crippen LogP contribution in [-0.2, 0) is 38.1 Å². The predicted octanol–water partition coefficient (Wildman–Crippen LogP) is 4.92. The number of hydrogen-bond donors (Lipinski definition) is 1. The summed E-state index contributed by atoms with van der Waals surface area (Å²) in [6.07, 6.45) is 1.58. The van der Waals surface area contributed by atoms with Gasteiger partial charge in [0.2, 0.25) is 0 Å². The van der Waals surface area contributed by atoms with Gasteiger partial charge in [-0.05, 0) is 40.5 Å². The van der Waals surface area contributed by atoms with E-state index in [1.165, 1.54) is 26.4 Å². The van der Waals surface area contributed by atoms with Crippen LogP contribution in [0.15, 0.2) is 78.9 Å². The van der Waals surface area contributed by atoms with E-state index >= 15 is 0 Å². The van der Waals surface area contributed by atoms with E-state index in [-0.39, 0.29) is 52.9 Å². The van der Waals surface area contributed by atoms with E-state index in [2.05, 4.69) is 0 Å². The molecule has 44 heavy (non-hydrogen) atoms. The average molecular weight is 643 g/mol. The van der Waals surface area contributed by atoms with Gasteiger partial charge in [-0.15, -0.1) is 0 Å². The van der Waals surface area contributed by atoms with E-state index in [1.807, 2.05) is 30.3 Å². The van der Waals surface area contributed by atoms with Gasteiger partial charge in [0, 0.05) is 5.56 Å². The molecule has 0 fully saturated rings. The second kappa shape index (κ2) is 13.3. The van der Waals surface area contributed by atoms with Gasteiger partial charge in [0.05, 0.1) is 38.7 Å². The van der Waals surface area contributed by atoms with Crippen molar-refractivity contribution in [3.63, 3.8) is 0 Å². The molecule has 0 aliphatic carbocycles. The van der Waals surface area contributed by atoms with Crippen LogP contribution in [0.1, 0.15) is 11.1 Å². The highest BCUT2D eigenvalue weighted by atomic mass is 32.2. The van der Waals surface area contributed by atoms with Gasteiger partial charge < -0.3 is 27.7 Å². The van der Waals surface area contributed by atoms with Gasteiger partial charge in [0.1, 0.15) is 12.4 Å². The van der Waals surface area contributed by atoms with Crippen molar-refractivity contribution in [3.05, 3.63) is 90.0 Å². The molecule has 0 unspecified atom stereocenters. The third-order valence-electron chi connectivity index (χ3n) is 6.19. The van der Waals surface area contributed by atoms with Crippen molar-refractivity contribution in [2.75, 3.05) is 26.7 Å². The van der Waals surface area contributed by atoms with Crippen LogP contribution in [0, 0.1) is 0 Å². The zero-order valence-electron chi connectivity index (χ0n) is 24.3. The first-order valence-corrected chi connectivity index (χ1v) is 16.6. The molecular weight excluding hydrogens is 612 g/mol. The third kappa shape index (κ3) is 8.20. The van der Waals surface area contributed by atoms with Crippen LogP contribution in [-0.4, -0.2) is 54.6 Å². The number of hydrogen-bond acceptors (Lipinski definition) is 10. The minimum absolute atomic E-state index is 0.0344. The molecule has 0 bridgehead atoms. The van der Waals surface area contributed by atoms with Gasteiger partial charge in [0.15, 0.2) is 23.0 Å². The fourth-order valence-electron chi connectivity index (χ4n) is 4.42. The quantitative estimate of drug-likeness (QED) is 0.198. The largest absolute Gasteiger partial charge is 0.496 e. The van der Waals surface area contributed by atoms with Crippen molar-refractivity contribution in [1.29, 1.82) is 0 Å². The molecule has 4 aromatic carbocycles. The molecule has 0 heterocycles. The number of aliphatic carboxylic acids is 1. The molecule has 0 aliphatic rings. The van der Waals surface area contributed by atoms with E-state index in [1.54, 1.807) is 36.4 Å². The normalized spacial score (nSPS) is 11.5. The Morgan fingerprint density at radius 1 is 0.682 bits per heavy atom. The van der Waals surface area contributed by atoms with Crippen molar-refractivity contribution in [3.8, 4) is 51.0 Å². The molecular formula is C31H30O11S2. The zero-order chi connectivity index (χ0) is 32.1. The molecule has 0 atom stereocenters. The van der Waals surface area contributed by atoms with Crippen LogP contribution in [0.4, 0.5) is 0 Å². The molecule has 11 nitrogen and oxygen atoms in total. The highest BCUT2D eigenvalue weighted by Gasteiger charge is 2.27. The number of benzene rings is 4. The Morgan fingerprint density at radius 3 is 1.89 bits per heavy atom. The Kier molecular flexibility index (Phi) is 9.70. The molecule has 0 saturated heterocycles. The summed E-state index contributed by atoms with van der Waals surface area (Å²) in [6, 6.07) is 21.8. The van der Waals surface area contributed by atoms with Crippen LogP contribution < -0.4 is 22.6 Å². The van der Waals surface area contributed by atoms with E-state index in [0.29, 0.717) is 16.7 Å². The molecule has 232 valence electrons. The highest BCUT2D eigenvalue weighted by molar-refractivity contribution is 7.86. The highest BCUT2D eigenvalue weighted by Crippen LogP contribution is 2.51. The van der Waals surface area contributed by atoms with Gasteiger partial charge in [-0.3, -0.25) is 4.79 Å². The van der Waals surface area contributed by atoms with E-state index in [4.69, 9.17) is 27.7 Å². The second-order valence-electron chi connectivity index (χ2n) is 9.64. The van der Waals surface area contributed by atoms with Crippen LogP contribution in [0.3, 0.4) is 0 Å².